The van der Waals surface area contributed by atoms with E-state index in [1.807, 2.05) is 23.6 Å². The number of hydrogen-bond donors (Lipinski definition) is 1. The molecule has 5 nitrogen and oxygen atoms in total. The molecule has 3 rings (SSSR count). The van der Waals surface area contributed by atoms with Crippen LogP contribution in [0.15, 0.2) is 48.5 Å². The van der Waals surface area contributed by atoms with Crippen LogP contribution in [0.2, 0.25) is 0 Å². The largest absolute Gasteiger partial charge is 0.347 e. The summed E-state index contributed by atoms with van der Waals surface area (Å²) >= 11 is 1.62. The van der Waals surface area contributed by atoms with E-state index in [1.54, 1.807) is 34.2 Å². The third-order valence-electron chi connectivity index (χ3n) is 2.77. The minimum Gasteiger partial charge on any atom is -0.347 e. The molecular formula is C14H12N4OS. The summed E-state index contributed by atoms with van der Waals surface area (Å²) in [6.07, 6.45) is 3.35. The van der Waals surface area contributed by atoms with Crippen LogP contribution in [0.5, 0.6) is 0 Å². The first-order chi connectivity index (χ1) is 9.79. The molecule has 3 aromatic heterocycles. The van der Waals surface area contributed by atoms with E-state index >= 15 is 0 Å². The topological polar surface area (TPSA) is 59.3 Å². The Morgan fingerprint density at radius 3 is 3.15 bits per heavy atom. The summed E-state index contributed by atoms with van der Waals surface area (Å²) in [7, 11) is 0. The Kier molecular flexibility index (Phi) is 3.30. The lowest BCUT2D eigenvalue weighted by Gasteiger charge is -2.00. The standard InChI is InChI=1S/C14H12N4OS/c1-2-6-16-14(19)10-9-13-15-7-5-11(18(13)17-10)12-4-3-8-20-12/h2-5,7-9H,1,6H2,(H,16,19). The molecule has 0 bridgehead atoms. The molecule has 20 heavy (non-hydrogen) atoms. The molecule has 0 radical (unpaired) electrons. The van der Waals surface area contributed by atoms with Crippen LogP contribution in [0, 0.1) is 0 Å². The summed E-state index contributed by atoms with van der Waals surface area (Å²) in [5, 5.41) is 9.04. The normalized spacial score (nSPS) is 10.6. The number of carbonyl (C=O) groups excluding carboxylic acids is 1. The molecule has 0 aliphatic rings. The number of fused-ring (bicyclic) bond motifs is 1. The van der Waals surface area contributed by atoms with Crippen LogP contribution in [-0.2, 0) is 0 Å². The van der Waals surface area contributed by atoms with Gasteiger partial charge >= 0.3 is 0 Å². The van der Waals surface area contributed by atoms with Crippen molar-refractivity contribution in [1.29, 1.82) is 0 Å². The van der Waals surface area contributed by atoms with E-state index in [9.17, 15) is 4.79 Å². The first-order valence-corrected chi connectivity index (χ1v) is 6.95. The molecule has 6 heteroatoms. The van der Waals surface area contributed by atoms with Gasteiger partial charge in [0.25, 0.3) is 5.91 Å². The summed E-state index contributed by atoms with van der Waals surface area (Å²) in [6.45, 7) is 3.98. The molecule has 100 valence electrons. The summed E-state index contributed by atoms with van der Waals surface area (Å²) in [5.74, 6) is -0.229. The predicted octanol–water partition coefficient (Wildman–Crippen LogP) is 2.37. The van der Waals surface area contributed by atoms with E-state index in [1.165, 1.54) is 0 Å². The molecule has 3 aromatic rings. The first-order valence-electron chi connectivity index (χ1n) is 6.07. The Balaban J connectivity index is 2.05. The number of nitrogens with one attached hydrogen (secondary N) is 1. The molecule has 0 atom stereocenters. The Morgan fingerprint density at radius 2 is 2.40 bits per heavy atom. The fourth-order valence-electron chi connectivity index (χ4n) is 1.87. The maximum atomic E-state index is 11.9. The molecule has 0 aliphatic carbocycles. The number of nitrogens with zero attached hydrogens (tertiary/aromatic N) is 3. The van der Waals surface area contributed by atoms with Gasteiger partial charge in [-0.15, -0.1) is 17.9 Å². The third kappa shape index (κ3) is 2.21. The molecule has 0 aliphatic heterocycles. The van der Waals surface area contributed by atoms with Gasteiger partial charge in [0.15, 0.2) is 11.3 Å². The van der Waals surface area contributed by atoms with Crippen LogP contribution < -0.4 is 5.32 Å². The fourth-order valence-corrected chi connectivity index (χ4v) is 2.61. The maximum Gasteiger partial charge on any atom is 0.272 e. The van der Waals surface area contributed by atoms with E-state index in [0.29, 0.717) is 17.9 Å². The van der Waals surface area contributed by atoms with Gasteiger partial charge in [0.05, 0.1) is 10.6 Å². The van der Waals surface area contributed by atoms with Crippen molar-refractivity contribution in [3.63, 3.8) is 0 Å². The van der Waals surface area contributed by atoms with Crippen molar-refractivity contribution in [2.45, 2.75) is 0 Å². The van der Waals surface area contributed by atoms with E-state index in [4.69, 9.17) is 0 Å². The molecule has 0 saturated heterocycles. The molecule has 3 heterocycles. The van der Waals surface area contributed by atoms with Crippen molar-refractivity contribution >= 4 is 22.9 Å². The minimum absolute atomic E-state index is 0.229. The van der Waals surface area contributed by atoms with Gasteiger partial charge in [0.2, 0.25) is 0 Å². The molecule has 0 spiro atoms. The first kappa shape index (κ1) is 12.6. The van der Waals surface area contributed by atoms with Crippen LogP contribution in [-0.4, -0.2) is 27.0 Å². The van der Waals surface area contributed by atoms with Gasteiger partial charge in [-0.2, -0.15) is 5.10 Å². The zero-order chi connectivity index (χ0) is 13.9. The van der Waals surface area contributed by atoms with E-state index in [0.717, 1.165) is 10.6 Å². The van der Waals surface area contributed by atoms with Crippen molar-refractivity contribution in [3.8, 4) is 10.6 Å². The summed E-state index contributed by atoms with van der Waals surface area (Å²) < 4.78 is 1.69. The van der Waals surface area contributed by atoms with Gasteiger partial charge in [-0.3, -0.25) is 4.79 Å². The number of thiophene rings is 1. The van der Waals surface area contributed by atoms with E-state index in [2.05, 4.69) is 22.0 Å². The van der Waals surface area contributed by atoms with Crippen molar-refractivity contribution in [2.24, 2.45) is 0 Å². The maximum absolute atomic E-state index is 11.9. The van der Waals surface area contributed by atoms with Gasteiger partial charge in [0.1, 0.15) is 0 Å². The van der Waals surface area contributed by atoms with Crippen molar-refractivity contribution < 1.29 is 4.79 Å². The second-order valence-electron chi connectivity index (χ2n) is 4.11. The highest BCUT2D eigenvalue weighted by Crippen LogP contribution is 2.24. The van der Waals surface area contributed by atoms with Gasteiger partial charge in [0, 0.05) is 18.8 Å². The molecule has 0 aromatic carbocycles. The molecule has 0 unspecified atom stereocenters. The average molecular weight is 284 g/mol. The van der Waals surface area contributed by atoms with Crippen LogP contribution in [0.25, 0.3) is 16.2 Å². The second-order valence-corrected chi connectivity index (χ2v) is 5.05. The SMILES string of the molecule is C=CCNC(=O)c1cc2nccc(-c3cccs3)n2n1. The Bertz CT molecular complexity index is 761. The highest BCUT2D eigenvalue weighted by atomic mass is 32.1. The lowest BCUT2D eigenvalue weighted by atomic mass is 10.3. The Hall–Kier alpha value is -2.47. The minimum atomic E-state index is -0.229. The van der Waals surface area contributed by atoms with Crippen LogP contribution in [0.1, 0.15) is 10.5 Å². The number of aromatic nitrogens is 3. The zero-order valence-electron chi connectivity index (χ0n) is 10.6. The van der Waals surface area contributed by atoms with Crippen molar-refractivity contribution in [2.75, 3.05) is 6.54 Å². The quantitative estimate of drug-likeness (QED) is 0.748. The number of amides is 1. The van der Waals surface area contributed by atoms with Crippen molar-refractivity contribution in [1.82, 2.24) is 19.9 Å². The van der Waals surface area contributed by atoms with E-state index < -0.39 is 0 Å². The Labute approximate surface area is 119 Å². The number of hydrogen-bond acceptors (Lipinski definition) is 4. The van der Waals surface area contributed by atoms with Crippen LogP contribution in [0.3, 0.4) is 0 Å². The molecular weight excluding hydrogens is 272 g/mol. The average Bonchev–Trinajstić information content (AvgIpc) is 3.12. The third-order valence-corrected chi connectivity index (χ3v) is 3.66. The molecule has 0 saturated carbocycles. The van der Waals surface area contributed by atoms with Gasteiger partial charge in [-0.05, 0) is 17.5 Å². The highest BCUT2D eigenvalue weighted by molar-refractivity contribution is 7.13. The lowest BCUT2D eigenvalue weighted by molar-refractivity contribution is 0.0953. The highest BCUT2D eigenvalue weighted by Gasteiger charge is 2.13. The second kappa shape index (κ2) is 5.26. The fraction of sp³-hybridized carbons (Fsp3) is 0.0714. The number of rotatable bonds is 4. The summed E-state index contributed by atoms with van der Waals surface area (Å²) in [5.41, 5.74) is 1.93. The van der Waals surface area contributed by atoms with E-state index in [-0.39, 0.29) is 5.91 Å². The molecule has 1 N–H and O–H groups in total. The molecule has 1 amide bonds. The van der Waals surface area contributed by atoms with Gasteiger partial charge in [-0.25, -0.2) is 9.50 Å². The smallest absolute Gasteiger partial charge is 0.272 e. The van der Waals surface area contributed by atoms with Gasteiger partial charge < -0.3 is 5.32 Å². The van der Waals surface area contributed by atoms with Crippen LogP contribution >= 0.6 is 11.3 Å². The lowest BCUT2D eigenvalue weighted by Crippen LogP contribution is -2.23. The Morgan fingerprint density at radius 1 is 1.50 bits per heavy atom. The van der Waals surface area contributed by atoms with Gasteiger partial charge in [-0.1, -0.05) is 12.1 Å². The summed E-state index contributed by atoms with van der Waals surface area (Å²) in [4.78, 5) is 17.2. The van der Waals surface area contributed by atoms with Crippen molar-refractivity contribution in [3.05, 3.63) is 54.2 Å². The zero-order valence-corrected chi connectivity index (χ0v) is 11.4. The monoisotopic (exact) mass is 284 g/mol. The summed E-state index contributed by atoms with van der Waals surface area (Å²) in [6, 6.07) is 7.55. The number of carbonyl (C=O) groups is 1. The van der Waals surface area contributed by atoms with Crippen LogP contribution in [0.4, 0.5) is 0 Å². The molecule has 0 fully saturated rings. The predicted molar refractivity (Wildman–Crippen MR) is 78.8 cm³/mol.